The molecule has 186 valence electrons. The average molecular weight is 471 g/mol. The number of unbranched alkanes of at least 4 members (excludes halogenated alkanes) is 2. The van der Waals surface area contributed by atoms with E-state index in [4.69, 9.17) is 0 Å². The number of carbonyl (C=O) groups excluding carboxylic acids is 2. The Labute approximate surface area is 202 Å². The molecule has 0 radical (unpaired) electrons. The summed E-state index contributed by atoms with van der Waals surface area (Å²) in [5.41, 5.74) is 3.77. The molecule has 34 heavy (non-hydrogen) atoms. The van der Waals surface area contributed by atoms with Gasteiger partial charge in [-0.1, -0.05) is 75.2 Å². The fraction of sp³-hybridized carbons (Fsp3) is 0.500. The summed E-state index contributed by atoms with van der Waals surface area (Å²) in [6.45, 7) is 4.23. The monoisotopic (exact) mass is 470 g/mol. The van der Waals surface area contributed by atoms with E-state index < -0.39 is 36.0 Å². The molecule has 0 saturated heterocycles. The third kappa shape index (κ3) is 8.44. The van der Waals surface area contributed by atoms with Crippen molar-refractivity contribution in [2.45, 2.75) is 89.6 Å². The molecule has 0 spiro atoms. The second-order valence-corrected chi connectivity index (χ2v) is 9.00. The van der Waals surface area contributed by atoms with E-state index in [-0.39, 0.29) is 12.8 Å². The Balaban J connectivity index is 1.89. The summed E-state index contributed by atoms with van der Waals surface area (Å²) in [7, 11) is 0. The number of carbonyl (C=O) groups is 2. The van der Waals surface area contributed by atoms with Gasteiger partial charge in [-0.05, 0) is 47.9 Å². The summed E-state index contributed by atoms with van der Waals surface area (Å²) in [5.74, 6) is -2.62. The lowest BCUT2D eigenvalue weighted by atomic mass is 9.93. The third-order valence-corrected chi connectivity index (χ3v) is 6.08. The minimum atomic E-state index is -1.98. The molecule has 6 heteroatoms. The Bertz CT molecular complexity index is 815. The molecular weight excluding hydrogens is 432 g/mol. The first kappa shape index (κ1) is 27.9. The van der Waals surface area contributed by atoms with E-state index in [0.717, 1.165) is 49.7 Å². The van der Waals surface area contributed by atoms with Crippen molar-refractivity contribution in [2.24, 2.45) is 0 Å². The molecule has 2 unspecified atom stereocenters. The van der Waals surface area contributed by atoms with Gasteiger partial charge >= 0.3 is 0 Å². The molecule has 0 fully saturated rings. The Morgan fingerprint density at radius 3 is 1.18 bits per heavy atom. The highest BCUT2D eigenvalue weighted by molar-refractivity contribution is 6.40. The number of rotatable bonds is 15. The number of hydrogen-bond donors (Lipinski definition) is 4. The van der Waals surface area contributed by atoms with E-state index in [9.17, 15) is 30.0 Å². The van der Waals surface area contributed by atoms with Gasteiger partial charge < -0.3 is 20.4 Å². The summed E-state index contributed by atoms with van der Waals surface area (Å²) in [5, 5.41) is 40.9. The van der Waals surface area contributed by atoms with Crippen LogP contribution in [0.3, 0.4) is 0 Å². The second kappa shape index (κ2) is 14.1. The minimum Gasteiger partial charge on any atom is -0.390 e. The van der Waals surface area contributed by atoms with E-state index in [1.165, 1.54) is 11.1 Å². The molecule has 0 heterocycles. The summed E-state index contributed by atoms with van der Waals surface area (Å²) in [4.78, 5) is 24.7. The number of benzene rings is 2. The maximum Gasteiger partial charge on any atom is 0.232 e. The zero-order valence-electron chi connectivity index (χ0n) is 20.2. The Morgan fingerprint density at radius 2 is 0.882 bits per heavy atom. The van der Waals surface area contributed by atoms with Crippen molar-refractivity contribution in [2.75, 3.05) is 0 Å². The van der Waals surface area contributed by atoms with Gasteiger partial charge in [0.25, 0.3) is 0 Å². The average Bonchev–Trinajstić information content (AvgIpc) is 2.85. The summed E-state index contributed by atoms with van der Waals surface area (Å²) in [6.07, 6.45) is -0.741. The van der Waals surface area contributed by atoms with Gasteiger partial charge in [0.15, 0.2) is 0 Å². The van der Waals surface area contributed by atoms with Gasteiger partial charge in [-0.15, -0.1) is 0 Å². The molecule has 0 saturated carbocycles. The van der Waals surface area contributed by atoms with Crippen LogP contribution in [0.2, 0.25) is 0 Å². The van der Waals surface area contributed by atoms with Crippen LogP contribution in [-0.2, 0) is 35.3 Å². The molecule has 4 N–H and O–H groups in total. The van der Waals surface area contributed by atoms with Gasteiger partial charge in [-0.3, -0.25) is 9.59 Å². The van der Waals surface area contributed by atoms with Crippen LogP contribution in [-0.4, -0.2) is 56.4 Å². The van der Waals surface area contributed by atoms with E-state index in [1.54, 1.807) is 0 Å². The van der Waals surface area contributed by atoms with Gasteiger partial charge in [0.05, 0.1) is 12.2 Å². The SMILES string of the molecule is CCCCc1ccc(CC(O)[C@H](O)C(=O)C(=O)[C@H](O)C(O)Cc2ccc(CCCC)cc2)cc1. The molecule has 2 aromatic carbocycles. The first-order valence-electron chi connectivity index (χ1n) is 12.2. The molecule has 0 aliphatic carbocycles. The predicted molar refractivity (Wildman–Crippen MR) is 132 cm³/mol. The van der Waals surface area contributed by atoms with Crippen LogP contribution in [0.15, 0.2) is 48.5 Å². The second-order valence-electron chi connectivity index (χ2n) is 9.00. The quantitative estimate of drug-likeness (QED) is 0.298. The van der Waals surface area contributed by atoms with Gasteiger partial charge in [0, 0.05) is 12.8 Å². The van der Waals surface area contributed by atoms with Crippen LogP contribution in [0.25, 0.3) is 0 Å². The van der Waals surface area contributed by atoms with Crippen molar-refractivity contribution in [1.82, 2.24) is 0 Å². The number of Topliss-reactive ketones (excluding diaryl/α,β-unsaturated/α-hetero) is 2. The number of hydrogen-bond acceptors (Lipinski definition) is 6. The Kier molecular flexibility index (Phi) is 11.6. The summed E-state index contributed by atoms with van der Waals surface area (Å²) in [6, 6.07) is 15.0. The molecule has 0 aromatic heterocycles. The molecule has 2 aromatic rings. The van der Waals surface area contributed by atoms with Crippen LogP contribution >= 0.6 is 0 Å². The zero-order chi connectivity index (χ0) is 25.1. The molecule has 6 nitrogen and oxygen atoms in total. The molecule has 4 atom stereocenters. The van der Waals surface area contributed by atoms with E-state index in [2.05, 4.69) is 13.8 Å². The van der Waals surface area contributed by atoms with Gasteiger partial charge in [-0.2, -0.15) is 0 Å². The number of aliphatic hydroxyl groups is 4. The van der Waals surface area contributed by atoms with E-state index >= 15 is 0 Å². The maximum absolute atomic E-state index is 12.4. The largest absolute Gasteiger partial charge is 0.390 e. The molecule has 0 amide bonds. The van der Waals surface area contributed by atoms with Crippen LogP contribution in [0.1, 0.15) is 61.8 Å². The smallest absolute Gasteiger partial charge is 0.232 e. The standard InChI is InChI=1S/C28H38O6/c1-3-5-7-19-9-13-21(14-10-19)17-23(29)25(31)27(33)28(34)26(32)24(30)18-22-15-11-20(12-16-22)8-6-4-2/h9-16,23-26,29-32H,3-8,17-18H2,1-2H3/t23?,24?,25-,26+. The predicted octanol–water partition coefficient (Wildman–Crippen LogP) is 2.74. The summed E-state index contributed by atoms with van der Waals surface area (Å²) < 4.78 is 0. The van der Waals surface area contributed by atoms with Gasteiger partial charge in [-0.25, -0.2) is 0 Å². The van der Waals surface area contributed by atoms with Crippen molar-refractivity contribution in [3.05, 3.63) is 70.8 Å². The highest BCUT2D eigenvalue weighted by Gasteiger charge is 2.36. The number of ketones is 2. The molecule has 0 aliphatic heterocycles. The highest BCUT2D eigenvalue weighted by atomic mass is 16.3. The van der Waals surface area contributed by atoms with Crippen LogP contribution in [0.4, 0.5) is 0 Å². The Hall–Kier alpha value is -2.38. The zero-order valence-corrected chi connectivity index (χ0v) is 20.2. The van der Waals surface area contributed by atoms with Crippen molar-refractivity contribution >= 4 is 11.6 Å². The highest BCUT2D eigenvalue weighted by Crippen LogP contribution is 2.14. The lowest BCUT2D eigenvalue weighted by Crippen LogP contribution is -2.47. The van der Waals surface area contributed by atoms with Gasteiger partial charge in [0.1, 0.15) is 12.2 Å². The van der Waals surface area contributed by atoms with Crippen LogP contribution in [0, 0.1) is 0 Å². The molecule has 0 aliphatic rings. The first-order valence-corrected chi connectivity index (χ1v) is 12.2. The van der Waals surface area contributed by atoms with E-state index in [1.807, 2.05) is 48.5 Å². The van der Waals surface area contributed by atoms with Crippen molar-refractivity contribution in [1.29, 1.82) is 0 Å². The lowest BCUT2D eigenvalue weighted by Gasteiger charge is -2.20. The van der Waals surface area contributed by atoms with Crippen LogP contribution in [0.5, 0.6) is 0 Å². The fourth-order valence-electron chi connectivity index (χ4n) is 3.79. The fourth-order valence-corrected chi connectivity index (χ4v) is 3.79. The minimum absolute atomic E-state index is 0.0166. The Morgan fingerprint density at radius 1 is 0.588 bits per heavy atom. The summed E-state index contributed by atoms with van der Waals surface area (Å²) >= 11 is 0. The normalized spacial score (nSPS) is 14.9. The molecular formula is C28H38O6. The van der Waals surface area contributed by atoms with Gasteiger partial charge in [0.2, 0.25) is 11.6 Å². The van der Waals surface area contributed by atoms with Crippen molar-refractivity contribution in [3.63, 3.8) is 0 Å². The number of aliphatic hydroxyl groups excluding tert-OH is 4. The van der Waals surface area contributed by atoms with Crippen LogP contribution < -0.4 is 0 Å². The lowest BCUT2D eigenvalue weighted by molar-refractivity contribution is -0.152. The molecule has 2 rings (SSSR count). The third-order valence-electron chi connectivity index (χ3n) is 6.08. The van der Waals surface area contributed by atoms with Crippen molar-refractivity contribution < 1.29 is 30.0 Å². The maximum atomic E-state index is 12.4. The van der Waals surface area contributed by atoms with E-state index in [0.29, 0.717) is 0 Å². The van der Waals surface area contributed by atoms with Crippen molar-refractivity contribution in [3.8, 4) is 0 Å². The first-order chi connectivity index (χ1) is 16.3. The number of aryl methyl sites for hydroxylation is 2. The topological polar surface area (TPSA) is 115 Å². The molecule has 0 bridgehead atoms.